The smallest absolute Gasteiger partial charge is 0.326 e. The quantitative estimate of drug-likeness (QED) is 0.282. The van der Waals surface area contributed by atoms with Gasteiger partial charge in [0.15, 0.2) is 11.5 Å². The third kappa shape index (κ3) is 6.82. The predicted molar refractivity (Wildman–Crippen MR) is 134 cm³/mol. The molecular weight excluding hydrogens is 458 g/mol. The van der Waals surface area contributed by atoms with E-state index in [-0.39, 0.29) is 18.4 Å². The summed E-state index contributed by atoms with van der Waals surface area (Å²) in [6, 6.07) is 13.6. The first-order valence-electron chi connectivity index (χ1n) is 10.5. The summed E-state index contributed by atoms with van der Waals surface area (Å²) < 4.78 is 16.9. The molecule has 1 fully saturated rings. The minimum Gasteiger partial charge on any atom is -0.493 e. The number of rotatable bonds is 9. The molecule has 3 rings (SSSR count). The Balaban J connectivity index is 1.68. The van der Waals surface area contributed by atoms with Gasteiger partial charge in [-0.1, -0.05) is 73.7 Å². The van der Waals surface area contributed by atoms with Gasteiger partial charge in [0.25, 0.3) is 5.91 Å². The number of thiocarbonyl (C=S) groups is 1. The van der Waals surface area contributed by atoms with E-state index < -0.39 is 5.97 Å². The van der Waals surface area contributed by atoms with Crippen LogP contribution < -0.4 is 9.47 Å². The van der Waals surface area contributed by atoms with Crippen LogP contribution in [0.15, 0.2) is 47.4 Å². The topological polar surface area (TPSA) is 65.1 Å². The van der Waals surface area contributed by atoms with E-state index in [2.05, 4.69) is 0 Å². The molecule has 2 aromatic carbocycles. The summed E-state index contributed by atoms with van der Waals surface area (Å²) in [7, 11) is 1.57. The van der Waals surface area contributed by atoms with Crippen LogP contribution in [0.2, 0.25) is 0 Å². The van der Waals surface area contributed by atoms with E-state index >= 15 is 0 Å². The third-order valence-corrected chi connectivity index (χ3v) is 6.12. The predicted octanol–water partition coefficient (Wildman–Crippen LogP) is 4.98. The Labute approximate surface area is 203 Å². The molecule has 1 heterocycles. The van der Waals surface area contributed by atoms with Crippen molar-refractivity contribution in [2.24, 2.45) is 5.92 Å². The van der Waals surface area contributed by atoms with Gasteiger partial charge in [0.1, 0.15) is 17.5 Å². The largest absolute Gasteiger partial charge is 0.493 e. The van der Waals surface area contributed by atoms with Crippen molar-refractivity contribution in [2.75, 3.05) is 20.3 Å². The SMILES string of the molecule is COc1cc(/C=C2\SC(=S)N(CC(=O)OCC(C)C)C2=O)ccc1OCc1ccc(C)cc1. The van der Waals surface area contributed by atoms with Crippen LogP contribution in [-0.2, 0) is 20.9 Å². The normalized spacial score (nSPS) is 14.8. The molecule has 0 spiro atoms. The Morgan fingerprint density at radius 1 is 1.15 bits per heavy atom. The molecule has 0 saturated carbocycles. The molecule has 0 aromatic heterocycles. The number of methoxy groups -OCH3 is 1. The number of hydrogen-bond acceptors (Lipinski definition) is 7. The fourth-order valence-corrected chi connectivity index (χ4v) is 4.22. The van der Waals surface area contributed by atoms with Gasteiger partial charge >= 0.3 is 5.97 Å². The fraction of sp³-hybridized carbons (Fsp3) is 0.320. The molecule has 1 aliphatic heterocycles. The molecule has 0 N–H and O–H groups in total. The molecule has 6 nitrogen and oxygen atoms in total. The van der Waals surface area contributed by atoms with Crippen molar-refractivity contribution in [3.05, 3.63) is 64.1 Å². The molecule has 2 aromatic rings. The third-order valence-electron chi connectivity index (χ3n) is 4.74. The van der Waals surface area contributed by atoms with Gasteiger partial charge in [-0.3, -0.25) is 14.5 Å². The van der Waals surface area contributed by atoms with Gasteiger partial charge in [0.05, 0.1) is 18.6 Å². The van der Waals surface area contributed by atoms with Gasteiger partial charge in [0, 0.05) is 0 Å². The fourth-order valence-electron chi connectivity index (χ4n) is 2.96. The number of amides is 1. The van der Waals surface area contributed by atoms with Gasteiger partial charge < -0.3 is 14.2 Å². The van der Waals surface area contributed by atoms with Crippen LogP contribution in [0.1, 0.15) is 30.5 Å². The zero-order valence-electron chi connectivity index (χ0n) is 19.1. The number of carbonyl (C=O) groups is 2. The van der Waals surface area contributed by atoms with E-state index in [1.807, 2.05) is 57.2 Å². The average molecular weight is 486 g/mol. The van der Waals surface area contributed by atoms with Gasteiger partial charge in [0.2, 0.25) is 0 Å². The number of aryl methyl sites for hydroxylation is 1. The van der Waals surface area contributed by atoms with Crippen LogP contribution >= 0.6 is 24.0 Å². The molecular formula is C25H27NO5S2. The van der Waals surface area contributed by atoms with Crippen LogP contribution in [-0.4, -0.2) is 41.4 Å². The van der Waals surface area contributed by atoms with E-state index in [0.29, 0.717) is 33.9 Å². The standard InChI is InChI=1S/C25H27NO5S2/c1-16(2)14-31-23(27)13-26-24(28)22(33-25(26)32)12-19-9-10-20(21(11-19)29-4)30-15-18-7-5-17(3)6-8-18/h5-12,16H,13-15H2,1-4H3/b22-12-. The van der Waals surface area contributed by atoms with Crippen molar-refractivity contribution in [1.29, 1.82) is 0 Å². The summed E-state index contributed by atoms with van der Waals surface area (Å²) in [4.78, 5) is 26.5. The monoisotopic (exact) mass is 485 g/mol. The number of carbonyl (C=O) groups excluding carboxylic acids is 2. The highest BCUT2D eigenvalue weighted by Gasteiger charge is 2.33. The van der Waals surface area contributed by atoms with Crippen LogP contribution in [0.4, 0.5) is 0 Å². The summed E-state index contributed by atoms with van der Waals surface area (Å²) in [5, 5.41) is 0. The Morgan fingerprint density at radius 3 is 2.55 bits per heavy atom. The molecule has 1 saturated heterocycles. The lowest BCUT2D eigenvalue weighted by Gasteiger charge is -2.14. The van der Waals surface area contributed by atoms with Crippen molar-refractivity contribution < 1.29 is 23.8 Å². The lowest BCUT2D eigenvalue weighted by molar-refractivity contribution is -0.147. The summed E-state index contributed by atoms with van der Waals surface area (Å²) in [5.74, 6) is 0.598. The number of thioether (sulfide) groups is 1. The highest BCUT2D eigenvalue weighted by molar-refractivity contribution is 8.26. The highest BCUT2D eigenvalue weighted by atomic mass is 32.2. The van der Waals surface area contributed by atoms with Gasteiger partial charge in [-0.15, -0.1) is 0 Å². The van der Waals surface area contributed by atoms with E-state index in [1.165, 1.54) is 10.5 Å². The van der Waals surface area contributed by atoms with Crippen LogP contribution in [0, 0.1) is 12.8 Å². The van der Waals surface area contributed by atoms with Crippen molar-refractivity contribution in [2.45, 2.75) is 27.4 Å². The summed E-state index contributed by atoms with van der Waals surface area (Å²) in [5.41, 5.74) is 3.01. The molecule has 0 radical (unpaired) electrons. The molecule has 0 aliphatic carbocycles. The van der Waals surface area contributed by atoms with E-state index in [0.717, 1.165) is 22.9 Å². The lowest BCUT2D eigenvalue weighted by Crippen LogP contribution is -2.34. The van der Waals surface area contributed by atoms with Gasteiger partial charge in [-0.25, -0.2) is 0 Å². The average Bonchev–Trinajstić information content (AvgIpc) is 3.05. The van der Waals surface area contributed by atoms with Crippen molar-refractivity contribution in [3.8, 4) is 11.5 Å². The molecule has 0 atom stereocenters. The van der Waals surface area contributed by atoms with Gasteiger partial charge in [-0.2, -0.15) is 0 Å². The van der Waals surface area contributed by atoms with Crippen molar-refractivity contribution in [3.63, 3.8) is 0 Å². The van der Waals surface area contributed by atoms with Gasteiger partial charge in [-0.05, 0) is 42.2 Å². The minimum absolute atomic E-state index is 0.191. The minimum atomic E-state index is -0.474. The van der Waals surface area contributed by atoms with Crippen LogP contribution in [0.3, 0.4) is 0 Å². The van der Waals surface area contributed by atoms with Crippen molar-refractivity contribution >= 4 is 46.3 Å². The second-order valence-corrected chi connectivity index (χ2v) is 9.71. The molecule has 1 amide bonds. The Morgan fingerprint density at radius 2 is 1.88 bits per heavy atom. The molecule has 33 heavy (non-hydrogen) atoms. The first-order valence-corrected chi connectivity index (χ1v) is 11.8. The molecule has 1 aliphatic rings. The first kappa shape index (κ1) is 24.8. The lowest BCUT2D eigenvalue weighted by atomic mass is 10.1. The summed E-state index contributed by atoms with van der Waals surface area (Å²) in [6.07, 6.45) is 1.73. The molecule has 0 bridgehead atoms. The van der Waals surface area contributed by atoms with E-state index in [4.69, 9.17) is 26.4 Å². The summed E-state index contributed by atoms with van der Waals surface area (Å²) in [6.45, 7) is 6.47. The Bertz CT molecular complexity index is 1060. The van der Waals surface area contributed by atoms with Crippen LogP contribution in [0.25, 0.3) is 6.08 Å². The maximum Gasteiger partial charge on any atom is 0.326 e. The molecule has 0 unspecified atom stereocenters. The zero-order chi connectivity index (χ0) is 24.0. The maximum atomic E-state index is 12.8. The van der Waals surface area contributed by atoms with E-state index in [1.54, 1.807) is 19.3 Å². The molecule has 174 valence electrons. The number of ether oxygens (including phenoxy) is 3. The Hall–Kier alpha value is -2.84. The number of nitrogens with zero attached hydrogens (tertiary/aromatic N) is 1. The maximum absolute atomic E-state index is 12.8. The highest BCUT2D eigenvalue weighted by Crippen LogP contribution is 2.35. The second kappa shape index (κ2) is 11.3. The van der Waals surface area contributed by atoms with Crippen molar-refractivity contribution in [1.82, 2.24) is 4.90 Å². The number of esters is 1. The first-order chi connectivity index (χ1) is 15.8. The number of benzene rings is 2. The zero-order valence-corrected chi connectivity index (χ0v) is 20.8. The molecule has 8 heteroatoms. The Kier molecular flexibility index (Phi) is 8.52. The number of hydrogen-bond donors (Lipinski definition) is 0. The van der Waals surface area contributed by atoms with Crippen LogP contribution in [0.5, 0.6) is 11.5 Å². The van der Waals surface area contributed by atoms with E-state index in [9.17, 15) is 9.59 Å². The second-order valence-electron chi connectivity index (χ2n) is 8.03. The summed E-state index contributed by atoms with van der Waals surface area (Å²) >= 11 is 6.46.